The van der Waals surface area contributed by atoms with Gasteiger partial charge in [0.15, 0.2) is 0 Å². The number of rotatable bonds is 3. The van der Waals surface area contributed by atoms with Crippen LogP contribution in [0.4, 0.5) is 0 Å². The standard InChI is InChI=1S/C13H10BrNO3/c1-9(15(16)17)7-12-5-6-13(18-12)10-3-2-4-11(14)8-10/h2-8H,1H3/b9-7+. The van der Waals surface area contributed by atoms with E-state index < -0.39 is 4.92 Å². The third kappa shape index (κ3) is 2.87. The van der Waals surface area contributed by atoms with Gasteiger partial charge in [-0.1, -0.05) is 28.1 Å². The van der Waals surface area contributed by atoms with Crippen LogP contribution < -0.4 is 0 Å². The summed E-state index contributed by atoms with van der Waals surface area (Å²) in [6.07, 6.45) is 1.40. The van der Waals surface area contributed by atoms with Crippen molar-refractivity contribution in [2.45, 2.75) is 6.92 Å². The Bertz CT molecular complexity index is 616. The maximum Gasteiger partial charge on any atom is 0.246 e. The van der Waals surface area contributed by atoms with Crippen molar-refractivity contribution in [1.29, 1.82) is 0 Å². The second-order valence-corrected chi connectivity index (χ2v) is 4.67. The Balaban J connectivity index is 2.31. The van der Waals surface area contributed by atoms with Crippen LogP contribution >= 0.6 is 15.9 Å². The molecule has 1 aromatic carbocycles. The first kappa shape index (κ1) is 12.6. The van der Waals surface area contributed by atoms with Gasteiger partial charge in [0.2, 0.25) is 5.70 Å². The Morgan fingerprint density at radius 1 is 1.39 bits per heavy atom. The van der Waals surface area contributed by atoms with Crippen LogP contribution in [0.3, 0.4) is 0 Å². The van der Waals surface area contributed by atoms with E-state index in [9.17, 15) is 10.1 Å². The number of benzene rings is 1. The van der Waals surface area contributed by atoms with Gasteiger partial charge in [-0.25, -0.2) is 0 Å². The molecule has 1 aromatic heterocycles. The maximum atomic E-state index is 10.5. The molecule has 0 saturated carbocycles. The summed E-state index contributed by atoms with van der Waals surface area (Å²) in [5.41, 5.74) is 0.966. The highest BCUT2D eigenvalue weighted by Crippen LogP contribution is 2.25. The fourth-order valence-electron chi connectivity index (χ4n) is 1.49. The molecule has 0 bridgehead atoms. The summed E-state index contributed by atoms with van der Waals surface area (Å²) >= 11 is 3.38. The Labute approximate surface area is 112 Å². The Morgan fingerprint density at radius 3 is 2.83 bits per heavy atom. The second-order valence-electron chi connectivity index (χ2n) is 3.76. The molecule has 0 aliphatic carbocycles. The molecule has 0 amide bonds. The molecule has 0 radical (unpaired) electrons. The van der Waals surface area contributed by atoms with Crippen molar-refractivity contribution in [3.8, 4) is 11.3 Å². The maximum absolute atomic E-state index is 10.5. The summed E-state index contributed by atoms with van der Waals surface area (Å²) in [4.78, 5) is 10.1. The van der Waals surface area contributed by atoms with Gasteiger partial charge in [-0.05, 0) is 24.3 Å². The number of nitrogens with zero attached hydrogens (tertiary/aromatic N) is 1. The number of hydrogen-bond donors (Lipinski definition) is 0. The molecule has 0 N–H and O–H groups in total. The van der Waals surface area contributed by atoms with E-state index in [-0.39, 0.29) is 5.70 Å². The minimum absolute atomic E-state index is 0.0464. The first-order valence-corrected chi connectivity index (χ1v) is 6.04. The number of nitro groups is 1. The summed E-state index contributed by atoms with van der Waals surface area (Å²) in [6.45, 7) is 1.43. The largest absolute Gasteiger partial charge is 0.456 e. The van der Waals surface area contributed by atoms with Gasteiger partial charge in [-0.3, -0.25) is 10.1 Å². The second kappa shape index (κ2) is 5.18. The monoisotopic (exact) mass is 307 g/mol. The summed E-state index contributed by atoms with van der Waals surface area (Å²) in [7, 11) is 0. The number of halogens is 1. The van der Waals surface area contributed by atoms with Gasteiger partial charge < -0.3 is 4.42 Å². The molecule has 0 aliphatic heterocycles. The lowest BCUT2D eigenvalue weighted by Crippen LogP contribution is -1.92. The fourth-order valence-corrected chi connectivity index (χ4v) is 1.89. The predicted molar refractivity (Wildman–Crippen MR) is 72.5 cm³/mol. The van der Waals surface area contributed by atoms with Crippen LogP contribution in [0.1, 0.15) is 12.7 Å². The van der Waals surface area contributed by atoms with Gasteiger partial charge in [-0.15, -0.1) is 0 Å². The highest BCUT2D eigenvalue weighted by atomic mass is 79.9. The number of allylic oxidation sites excluding steroid dienone is 1. The zero-order valence-corrected chi connectivity index (χ0v) is 11.2. The van der Waals surface area contributed by atoms with Crippen LogP contribution in [-0.4, -0.2) is 4.92 Å². The summed E-state index contributed by atoms with van der Waals surface area (Å²) in [5, 5.41) is 10.5. The molecule has 0 atom stereocenters. The Morgan fingerprint density at radius 2 is 2.17 bits per heavy atom. The molecule has 5 heteroatoms. The summed E-state index contributed by atoms with van der Waals surface area (Å²) in [5.74, 6) is 1.15. The first-order chi connectivity index (χ1) is 8.56. The van der Waals surface area contributed by atoms with Gasteiger partial charge >= 0.3 is 0 Å². The van der Waals surface area contributed by atoms with E-state index in [1.165, 1.54) is 13.0 Å². The van der Waals surface area contributed by atoms with Crippen molar-refractivity contribution in [2.24, 2.45) is 0 Å². The van der Waals surface area contributed by atoms with Crippen LogP contribution in [0.5, 0.6) is 0 Å². The fraction of sp³-hybridized carbons (Fsp3) is 0.0769. The average Bonchev–Trinajstić information content (AvgIpc) is 2.77. The molecule has 92 valence electrons. The van der Waals surface area contributed by atoms with Crippen LogP contribution in [0.2, 0.25) is 0 Å². The highest BCUT2D eigenvalue weighted by molar-refractivity contribution is 9.10. The third-order valence-electron chi connectivity index (χ3n) is 2.38. The van der Waals surface area contributed by atoms with E-state index in [1.807, 2.05) is 24.3 Å². The zero-order valence-electron chi connectivity index (χ0n) is 9.59. The van der Waals surface area contributed by atoms with Crippen LogP contribution in [-0.2, 0) is 0 Å². The first-order valence-electron chi connectivity index (χ1n) is 5.25. The van der Waals surface area contributed by atoms with Gasteiger partial charge in [0.1, 0.15) is 11.5 Å². The molecule has 1 heterocycles. The smallest absolute Gasteiger partial charge is 0.246 e. The Hall–Kier alpha value is -1.88. The van der Waals surface area contributed by atoms with Crippen molar-refractivity contribution in [2.75, 3.05) is 0 Å². The molecule has 0 unspecified atom stereocenters. The molecule has 0 aliphatic rings. The van der Waals surface area contributed by atoms with E-state index in [0.717, 1.165) is 10.0 Å². The molecule has 4 nitrogen and oxygen atoms in total. The van der Waals surface area contributed by atoms with E-state index in [0.29, 0.717) is 11.5 Å². The van der Waals surface area contributed by atoms with Gasteiger partial charge in [0.25, 0.3) is 0 Å². The van der Waals surface area contributed by atoms with Crippen LogP contribution in [0.25, 0.3) is 17.4 Å². The number of hydrogen-bond acceptors (Lipinski definition) is 3. The lowest BCUT2D eigenvalue weighted by atomic mass is 10.2. The molecule has 0 spiro atoms. The van der Waals surface area contributed by atoms with Crippen molar-refractivity contribution in [3.63, 3.8) is 0 Å². The normalized spacial score (nSPS) is 11.6. The van der Waals surface area contributed by atoms with E-state index in [2.05, 4.69) is 15.9 Å². The molecule has 0 fully saturated rings. The van der Waals surface area contributed by atoms with Crippen LogP contribution in [0, 0.1) is 10.1 Å². The van der Waals surface area contributed by atoms with Gasteiger partial charge in [0.05, 0.1) is 11.0 Å². The SMILES string of the molecule is C/C(=C\c1ccc(-c2cccc(Br)c2)o1)[N+](=O)[O-]. The number of furan rings is 1. The summed E-state index contributed by atoms with van der Waals surface area (Å²) < 4.78 is 6.50. The van der Waals surface area contributed by atoms with Crippen molar-refractivity contribution < 1.29 is 9.34 Å². The van der Waals surface area contributed by atoms with E-state index >= 15 is 0 Å². The third-order valence-corrected chi connectivity index (χ3v) is 2.87. The van der Waals surface area contributed by atoms with Gasteiger partial charge in [0, 0.05) is 17.0 Å². The van der Waals surface area contributed by atoms with Crippen molar-refractivity contribution >= 4 is 22.0 Å². The highest BCUT2D eigenvalue weighted by Gasteiger charge is 2.07. The van der Waals surface area contributed by atoms with E-state index in [1.54, 1.807) is 12.1 Å². The lowest BCUT2D eigenvalue weighted by molar-refractivity contribution is -0.422. The summed E-state index contributed by atoms with van der Waals surface area (Å²) in [6, 6.07) is 11.2. The molecule has 2 rings (SSSR count). The van der Waals surface area contributed by atoms with Gasteiger partial charge in [-0.2, -0.15) is 0 Å². The topological polar surface area (TPSA) is 56.3 Å². The minimum Gasteiger partial charge on any atom is -0.456 e. The minimum atomic E-state index is -0.443. The molecular weight excluding hydrogens is 298 g/mol. The molecule has 2 aromatic rings. The quantitative estimate of drug-likeness (QED) is 0.626. The molecule has 18 heavy (non-hydrogen) atoms. The Kier molecular flexibility index (Phi) is 3.62. The average molecular weight is 308 g/mol. The zero-order chi connectivity index (χ0) is 13.1. The molecule has 0 saturated heterocycles. The van der Waals surface area contributed by atoms with Crippen LogP contribution in [0.15, 0.2) is 51.0 Å². The van der Waals surface area contributed by atoms with E-state index in [4.69, 9.17) is 4.42 Å². The lowest BCUT2D eigenvalue weighted by Gasteiger charge is -1.97. The molecular formula is C13H10BrNO3. The van der Waals surface area contributed by atoms with Crippen molar-refractivity contribution in [3.05, 3.63) is 62.4 Å². The van der Waals surface area contributed by atoms with Crippen molar-refractivity contribution in [1.82, 2.24) is 0 Å². The predicted octanol–water partition coefficient (Wildman–Crippen LogP) is 4.35.